The first-order chi connectivity index (χ1) is 14.1. The Kier molecular flexibility index (Phi) is 5.68. The van der Waals surface area contributed by atoms with Crippen LogP contribution in [-0.4, -0.2) is 54.6 Å². The highest BCUT2D eigenvalue weighted by molar-refractivity contribution is 7.22. The Morgan fingerprint density at radius 1 is 1.41 bits per heavy atom. The maximum absolute atomic E-state index is 13.2. The van der Waals surface area contributed by atoms with Gasteiger partial charge in [0.05, 0.1) is 42.1 Å². The number of amides is 1. The molecule has 1 fully saturated rings. The third-order valence-electron chi connectivity index (χ3n) is 5.02. The standard InChI is InChI=1S/C20H22N4O4S/c1-12(21-11-13-6-5-9-28-13)18-15(10-17(25)27-2)23-24(19(18)26)20-22-14-7-3-4-8-16(14)29-20/h3-4,7-8,13,18H,5-6,9-11H2,1-2H3/t13-,18?/m1/s1. The van der Waals surface area contributed by atoms with Crippen LogP contribution in [0, 0.1) is 5.92 Å². The summed E-state index contributed by atoms with van der Waals surface area (Å²) in [4.78, 5) is 34.2. The van der Waals surface area contributed by atoms with Gasteiger partial charge in [0.2, 0.25) is 5.13 Å². The lowest BCUT2D eigenvalue weighted by Crippen LogP contribution is -2.33. The summed E-state index contributed by atoms with van der Waals surface area (Å²) in [5, 5.41) is 6.21. The van der Waals surface area contributed by atoms with Crippen molar-refractivity contribution in [2.45, 2.75) is 32.3 Å². The second-order valence-electron chi connectivity index (χ2n) is 7.01. The van der Waals surface area contributed by atoms with Crippen LogP contribution in [0.5, 0.6) is 0 Å². The van der Waals surface area contributed by atoms with Gasteiger partial charge in [-0.15, -0.1) is 0 Å². The third kappa shape index (κ3) is 4.06. The van der Waals surface area contributed by atoms with Gasteiger partial charge < -0.3 is 9.47 Å². The molecule has 9 heteroatoms. The minimum absolute atomic E-state index is 0.0684. The van der Waals surface area contributed by atoms with Crippen LogP contribution in [0.4, 0.5) is 5.13 Å². The van der Waals surface area contributed by atoms with Crippen LogP contribution < -0.4 is 5.01 Å². The number of thiazole rings is 1. The van der Waals surface area contributed by atoms with Gasteiger partial charge in [0.25, 0.3) is 5.91 Å². The number of esters is 1. The van der Waals surface area contributed by atoms with E-state index in [0.29, 0.717) is 23.1 Å². The van der Waals surface area contributed by atoms with Gasteiger partial charge in [-0.05, 0) is 31.9 Å². The predicted octanol–water partition coefficient (Wildman–Crippen LogP) is 2.82. The number of hydrazone groups is 1. The van der Waals surface area contributed by atoms with Crippen molar-refractivity contribution < 1.29 is 19.1 Å². The van der Waals surface area contributed by atoms with Crippen LogP contribution in [0.2, 0.25) is 0 Å². The second-order valence-corrected chi connectivity index (χ2v) is 8.02. The summed E-state index contributed by atoms with van der Waals surface area (Å²) in [6.07, 6.45) is 2.02. The molecular weight excluding hydrogens is 392 g/mol. The number of hydrogen-bond donors (Lipinski definition) is 0. The number of ether oxygens (including phenoxy) is 2. The molecule has 3 heterocycles. The van der Waals surface area contributed by atoms with Crippen molar-refractivity contribution in [1.29, 1.82) is 0 Å². The Bertz CT molecular complexity index is 960. The fourth-order valence-electron chi connectivity index (χ4n) is 3.49. The van der Waals surface area contributed by atoms with Gasteiger partial charge in [0.15, 0.2) is 0 Å². The van der Waals surface area contributed by atoms with Crippen molar-refractivity contribution in [3.05, 3.63) is 24.3 Å². The quantitative estimate of drug-likeness (QED) is 0.535. The highest BCUT2D eigenvalue weighted by Gasteiger charge is 2.40. The number of methoxy groups -OCH3 is 1. The number of anilines is 1. The van der Waals surface area contributed by atoms with Gasteiger partial charge >= 0.3 is 5.97 Å². The van der Waals surface area contributed by atoms with Gasteiger partial charge in [-0.2, -0.15) is 10.1 Å². The number of para-hydroxylation sites is 1. The number of rotatable bonds is 6. The summed E-state index contributed by atoms with van der Waals surface area (Å²) < 4.78 is 11.4. The van der Waals surface area contributed by atoms with E-state index >= 15 is 0 Å². The minimum Gasteiger partial charge on any atom is -0.469 e. The zero-order valence-electron chi connectivity index (χ0n) is 16.3. The number of aliphatic imine (C=N–C) groups is 1. The van der Waals surface area contributed by atoms with Gasteiger partial charge in [0, 0.05) is 12.3 Å². The van der Waals surface area contributed by atoms with Gasteiger partial charge in [-0.25, -0.2) is 4.98 Å². The first-order valence-corrected chi connectivity index (χ1v) is 10.3. The van der Waals surface area contributed by atoms with E-state index in [4.69, 9.17) is 9.47 Å². The molecule has 2 atom stereocenters. The Morgan fingerprint density at radius 2 is 2.24 bits per heavy atom. The normalized spacial score (nSPS) is 22.4. The van der Waals surface area contributed by atoms with E-state index in [1.54, 1.807) is 6.92 Å². The van der Waals surface area contributed by atoms with E-state index in [9.17, 15) is 9.59 Å². The number of fused-ring (bicyclic) bond motifs is 1. The maximum atomic E-state index is 13.2. The summed E-state index contributed by atoms with van der Waals surface area (Å²) >= 11 is 1.38. The number of hydrogen-bond acceptors (Lipinski definition) is 8. The molecule has 0 saturated carbocycles. The largest absolute Gasteiger partial charge is 0.469 e. The highest BCUT2D eigenvalue weighted by Crippen LogP contribution is 2.33. The maximum Gasteiger partial charge on any atom is 0.311 e. The lowest BCUT2D eigenvalue weighted by Gasteiger charge is -2.13. The molecule has 0 bridgehead atoms. The van der Waals surface area contributed by atoms with Crippen LogP contribution in [0.3, 0.4) is 0 Å². The summed E-state index contributed by atoms with van der Waals surface area (Å²) in [5.41, 5.74) is 1.85. The number of carbonyl (C=O) groups excluding carboxylic acids is 2. The zero-order valence-corrected chi connectivity index (χ0v) is 17.1. The molecule has 2 aromatic rings. The minimum atomic E-state index is -0.692. The Morgan fingerprint density at radius 3 is 2.97 bits per heavy atom. The van der Waals surface area contributed by atoms with E-state index in [1.165, 1.54) is 23.5 Å². The molecule has 0 radical (unpaired) electrons. The summed E-state index contributed by atoms with van der Waals surface area (Å²) in [5.74, 6) is -1.39. The van der Waals surface area contributed by atoms with E-state index in [0.717, 1.165) is 29.7 Å². The Hall–Kier alpha value is -2.65. The Labute approximate surface area is 172 Å². The molecule has 8 nitrogen and oxygen atoms in total. The van der Waals surface area contributed by atoms with E-state index in [1.807, 2.05) is 24.3 Å². The molecule has 0 aliphatic carbocycles. The van der Waals surface area contributed by atoms with Crippen molar-refractivity contribution in [2.75, 3.05) is 25.3 Å². The van der Waals surface area contributed by atoms with Crippen molar-refractivity contribution in [3.8, 4) is 0 Å². The number of nitrogens with zero attached hydrogens (tertiary/aromatic N) is 4. The molecule has 29 heavy (non-hydrogen) atoms. The number of carbonyl (C=O) groups is 2. The molecule has 1 unspecified atom stereocenters. The molecule has 1 aromatic carbocycles. The molecule has 0 N–H and O–H groups in total. The first-order valence-electron chi connectivity index (χ1n) is 9.53. The summed E-state index contributed by atoms with van der Waals surface area (Å²) in [6.45, 7) is 3.05. The Balaban J connectivity index is 1.62. The van der Waals surface area contributed by atoms with E-state index < -0.39 is 11.9 Å². The fraction of sp³-hybridized carbons (Fsp3) is 0.450. The predicted molar refractivity (Wildman–Crippen MR) is 112 cm³/mol. The molecule has 2 aliphatic heterocycles. The van der Waals surface area contributed by atoms with Crippen LogP contribution in [0.25, 0.3) is 10.2 Å². The molecular formula is C20H22N4O4S. The average Bonchev–Trinajstić information content (AvgIpc) is 3.44. The van der Waals surface area contributed by atoms with Crippen molar-refractivity contribution in [2.24, 2.45) is 16.0 Å². The lowest BCUT2D eigenvalue weighted by molar-refractivity contribution is -0.139. The monoisotopic (exact) mass is 414 g/mol. The van der Waals surface area contributed by atoms with Crippen LogP contribution in [-0.2, 0) is 19.1 Å². The smallest absolute Gasteiger partial charge is 0.311 e. The molecule has 152 valence electrons. The fourth-order valence-corrected chi connectivity index (χ4v) is 4.41. The second kappa shape index (κ2) is 8.38. The van der Waals surface area contributed by atoms with E-state index in [2.05, 4.69) is 15.1 Å². The number of aromatic nitrogens is 1. The topological polar surface area (TPSA) is 93.5 Å². The van der Waals surface area contributed by atoms with Gasteiger partial charge in [0.1, 0.15) is 5.92 Å². The van der Waals surface area contributed by atoms with Crippen molar-refractivity contribution >= 4 is 50.0 Å². The number of benzene rings is 1. The highest BCUT2D eigenvalue weighted by atomic mass is 32.1. The molecule has 1 amide bonds. The van der Waals surface area contributed by atoms with Crippen molar-refractivity contribution in [1.82, 2.24) is 4.98 Å². The van der Waals surface area contributed by atoms with Crippen LogP contribution >= 0.6 is 11.3 Å². The SMILES string of the molecule is COC(=O)CC1=NN(c2nc3ccccc3s2)C(=O)C1C(C)=NC[C@H]1CCCO1. The van der Waals surface area contributed by atoms with Crippen LogP contribution in [0.1, 0.15) is 26.2 Å². The third-order valence-corrected chi connectivity index (χ3v) is 6.03. The molecule has 0 spiro atoms. The van der Waals surface area contributed by atoms with Gasteiger partial charge in [-0.3, -0.25) is 14.6 Å². The first kappa shape index (κ1) is 19.7. The molecule has 2 aliphatic rings. The van der Waals surface area contributed by atoms with Crippen LogP contribution in [0.15, 0.2) is 34.4 Å². The summed E-state index contributed by atoms with van der Waals surface area (Å²) in [7, 11) is 1.32. The van der Waals surface area contributed by atoms with Crippen molar-refractivity contribution in [3.63, 3.8) is 0 Å². The molecule has 4 rings (SSSR count). The lowest BCUT2D eigenvalue weighted by atomic mass is 9.96. The zero-order chi connectivity index (χ0) is 20.4. The molecule has 1 saturated heterocycles. The summed E-state index contributed by atoms with van der Waals surface area (Å²) in [6, 6.07) is 7.66. The van der Waals surface area contributed by atoms with Gasteiger partial charge in [-0.1, -0.05) is 23.5 Å². The average molecular weight is 414 g/mol. The molecule has 1 aromatic heterocycles. The van der Waals surface area contributed by atoms with E-state index in [-0.39, 0.29) is 18.4 Å².